The van der Waals surface area contributed by atoms with Crippen molar-refractivity contribution in [3.8, 4) is 0 Å². The van der Waals surface area contributed by atoms with Crippen molar-refractivity contribution in [2.45, 2.75) is 45.2 Å². The van der Waals surface area contributed by atoms with E-state index in [2.05, 4.69) is 17.2 Å². The highest BCUT2D eigenvalue weighted by molar-refractivity contribution is 5.78. The van der Waals surface area contributed by atoms with E-state index in [1.54, 1.807) is 12.4 Å². The van der Waals surface area contributed by atoms with Gasteiger partial charge in [-0.15, -0.1) is 0 Å². The number of aliphatic hydroxyl groups is 1. The molecule has 2 N–H and O–H groups in total. The summed E-state index contributed by atoms with van der Waals surface area (Å²) in [6, 6.07) is 4.17. The maximum Gasteiger partial charge on any atom is 0.234 e. The normalized spacial score (nSPS) is 21.8. The van der Waals surface area contributed by atoms with Gasteiger partial charge in [0.25, 0.3) is 0 Å². The number of hydrogen-bond donors (Lipinski definition) is 2. The van der Waals surface area contributed by atoms with Gasteiger partial charge >= 0.3 is 0 Å². The smallest absolute Gasteiger partial charge is 0.234 e. The quantitative estimate of drug-likeness (QED) is 0.802. The largest absolute Gasteiger partial charge is 0.395 e. The number of carbonyl (C=O) groups excluding carboxylic acids is 1. The minimum atomic E-state index is 0.0490. The van der Waals surface area contributed by atoms with Crippen molar-refractivity contribution in [1.29, 1.82) is 0 Å². The number of nitrogens with one attached hydrogen (secondary N) is 1. The van der Waals surface area contributed by atoms with Crippen molar-refractivity contribution < 1.29 is 9.90 Å². The molecular weight excluding hydrogens is 278 g/mol. The van der Waals surface area contributed by atoms with Crippen LogP contribution < -0.4 is 5.32 Å². The number of nitrogens with zero attached hydrogens (tertiary/aromatic N) is 2. The second-order valence-electron chi connectivity index (χ2n) is 6.23. The van der Waals surface area contributed by atoms with E-state index in [0.29, 0.717) is 31.6 Å². The first kappa shape index (κ1) is 16.9. The summed E-state index contributed by atoms with van der Waals surface area (Å²) in [6.07, 6.45) is 8.27. The van der Waals surface area contributed by atoms with Crippen molar-refractivity contribution in [3.05, 3.63) is 30.1 Å². The Hall–Kier alpha value is -1.46. The highest BCUT2D eigenvalue weighted by Gasteiger charge is 2.23. The predicted molar refractivity (Wildman–Crippen MR) is 86.2 cm³/mol. The van der Waals surface area contributed by atoms with Crippen LogP contribution in [0.5, 0.6) is 0 Å². The summed E-state index contributed by atoms with van der Waals surface area (Å²) < 4.78 is 0. The Morgan fingerprint density at radius 3 is 2.95 bits per heavy atom. The third kappa shape index (κ3) is 5.39. The van der Waals surface area contributed by atoms with Gasteiger partial charge in [-0.3, -0.25) is 14.7 Å². The van der Waals surface area contributed by atoms with Gasteiger partial charge in [-0.2, -0.15) is 0 Å². The van der Waals surface area contributed by atoms with Gasteiger partial charge in [-0.25, -0.2) is 0 Å². The number of hydrogen-bond acceptors (Lipinski definition) is 4. The van der Waals surface area contributed by atoms with Crippen LogP contribution in [-0.4, -0.2) is 46.6 Å². The molecule has 1 amide bonds. The Morgan fingerprint density at radius 1 is 1.45 bits per heavy atom. The summed E-state index contributed by atoms with van der Waals surface area (Å²) in [4.78, 5) is 18.3. The van der Waals surface area contributed by atoms with Crippen molar-refractivity contribution in [1.82, 2.24) is 15.2 Å². The minimum Gasteiger partial charge on any atom is -0.395 e. The third-order valence-electron chi connectivity index (χ3n) is 4.37. The van der Waals surface area contributed by atoms with Gasteiger partial charge < -0.3 is 10.4 Å². The molecule has 1 fully saturated rings. The van der Waals surface area contributed by atoms with E-state index in [0.717, 1.165) is 12.0 Å². The molecule has 0 saturated heterocycles. The van der Waals surface area contributed by atoms with E-state index in [4.69, 9.17) is 0 Å². The molecule has 122 valence electrons. The zero-order valence-electron chi connectivity index (χ0n) is 13.4. The third-order valence-corrected chi connectivity index (χ3v) is 4.37. The Kier molecular flexibility index (Phi) is 6.80. The first-order chi connectivity index (χ1) is 10.7. The van der Waals surface area contributed by atoms with E-state index in [-0.39, 0.29) is 12.5 Å². The zero-order chi connectivity index (χ0) is 15.8. The molecular formula is C17H27N3O2. The second-order valence-corrected chi connectivity index (χ2v) is 6.23. The van der Waals surface area contributed by atoms with Crippen LogP contribution in [0.4, 0.5) is 0 Å². The van der Waals surface area contributed by atoms with Crippen LogP contribution in [0.2, 0.25) is 0 Å². The maximum atomic E-state index is 12.3. The molecule has 22 heavy (non-hydrogen) atoms. The van der Waals surface area contributed by atoms with E-state index in [1.165, 1.54) is 19.3 Å². The number of carbonyl (C=O) groups is 1. The summed E-state index contributed by atoms with van der Waals surface area (Å²) in [7, 11) is 0. The second kappa shape index (κ2) is 8.86. The maximum absolute atomic E-state index is 12.3. The summed E-state index contributed by atoms with van der Waals surface area (Å²) in [5.41, 5.74) is 1.05. The van der Waals surface area contributed by atoms with Crippen LogP contribution >= 0.6 is 0 Å². The van der Waals surface area contributed by atoms with Crippen LogP contribution in [0.15, 0.2) is 24.5 Å². The van der Waals surface area contributed by atoms with Gasteiger partial charge in [0.15, 0.2) is 0 Å². The van der Waals surface area contributed by atoms with Crippen LogP contribution in [0.1, 0.15) is 38.2 Å². The molecule has 5 nitrogen and oxygen atoms in total. The lowest BCUT2D eigenvalue weighted by molar-refractivity contribution is -0.123. The molecule has 0 aromatic carbocycles. The average molecular weight is 305 g/mol. The molecule has 1 aromatic rings. The number of amides is 1. The number of rotatable bonds is 7. The Bertz CT molecular complexity index is 452. The van der Waals surface area contributed by atoms with E-state index < -0.39 is 0 Å². The van der Waals surface area contributed by atoms with Crippen LogP contribution in [0.25, 0.3) is 0 Å². The van der Waals surface area contributed by atoms with Gasteiger partial charge in [-0.1, -0.05) is 25.8 Å². The number of pyridine rings is 1. The molecule has 5 heteroatoms. The van der Waals surface area contributed by atoms with Gasteiger partial charge in [0.05, 0.1) is 13.2 Å². The Morgan fingerprint density at radius 2 is 2.27 bits per heavy atom. The molecule has 1 aromatic heterocycles. The fourth-order valence-electron chi connectivity index (χ4n) is 3.09. The Balaban J connectivity index is 1.85. The molecule has 0 bridgehead atoms. The van der Waals surface area contributed by atoms with Crippen molar-refractivity contribution in [3.63, 3.8) is 0 Å². The zero-order valence-corrected chi connectivity index (χ0v) is 13.4. The molecule has 1 aliphatic carbocycles. The van der Waals surface area contributed by atoms with Crippen molar-refractivity contribution >= 4 is 5.91 Å². The molecule has 0 aliphatic heterocycles. The fraction of sp³-hybridized carbons (Fsp3) is 0.647. The first-order valence-electron chi connectivity index (χ1n) is 8.20. The highest BCUT2D eigenvalue weighted by atomic mass is 16.3. The van der Waals surface area contributed by atoms with Crippen LogP contribution in [0.3, 0.4) is 0 Å². The van der Waals surface area contributed by atoms with Gasteiger partial charge in [0.1, 0.15) is 0 Å². The van der Waals surface area contributed by atoms with E-state index >= 15 is 0 Å². The average Bonchev–Trinajstić information content (AvgIpc) is 2.51. The van der Waals surface area contributed by atoms with Crippen LogP contribution in [0, 0.1) is 5.92 Å². The molecule has 1 saturated carbocycles. The van der Waals surface area contributed by atoms with Crippen LogP contribution in [-0.2, 0) is 11.3 Å². The number of aromatic nitrogens is 1. The summed E-state index contributed by atoms with van der Waals surface area (Å²) in [5.74, 6) is 0.610. The molecule has 0 spiro atoms. The predicted octanol–water partition coefficient (Wildman–Crippen LogP) is 1.57. The number of aliphatic hydroxyl groups excluding tert-OH is 1. The topological polar surface area (TPSA) is 65.5 Å². The molecule has 2 rings (SSSR count). The van der Waals surface area contributed by atoms with Gasteiger partial charge in [-0.05, 0) is 30.4 Å². The highest BCUT2D eigenvalue weighted by Crippen LogP contribution is 2.23. The lowest BCUT2D eigenvalue weighted by atomic mass is 9.86. The SMILES string of the molecule is CC1CCCCC1NC(=O)CN(CCO)Cc1cccnc1. The fourth-order valence-corrected chi connectivity index (χ4v) is 3.09. The van der Waals surface area contributed by atoms with E-state index in [9.17, 15) is 9.90 Å². The molecule has 1 aliphatic rings. The summed E-state index contributed by atoms with van der Waals surface area (Å²) >= 11 is 0. The van der Waals surface area contributed by atoms with Crippen molar-refractivity contribution in [2.24, 2.45) is 5.92 Å². The summed E-state index contributed by atoms with van der Waals surface area (Å²) in [6.45, 7) is 3.70. The molecule has 0 radical (unpaired) electrons. The summed E-state index contributed by atoms with van der Waals surface area (Å²) in [5, 5.41) is 12.4. The standard InChI is InChI=1S/C17H27N3O2/c1-14-5-2-3-7-16(14)19-17(22)13-20(9-10-21)12-15-6-4-8-18-11-15/h4,6,8,11,14,16,21H,2-3,5,7,9-10,12-13H2,1H3,(H,19,22). The molecule has 2 atom stereocenters. The molecule has 2 unspecified atom stereocenters. The lowest BCUT2D eigenvalue weighted by Gasteiger charge is -2.30. The first-order valence-corrected chi connectivity index (χ1v) is 8.20. The van der Waals surface area contributed by atoms with E-state index in [1.807, 2.05) is 17.0 Å². The van der Waals surface area contributed by atoms with Gasteiger partial charge in [0, 0.05) is 31.5 Å². The van der Waals surface area contributed by atoms with Gasteiger partial charge in [0.2, 0.25) is 5.91 Å². The lowest BCUT2D eigenvalue weighted by Crippen LogP contribution is -2.46. The minimum absolute atomic E-state index is 0.0490. The monoisotopic (exact) mass is 305 g/mol. The molecule has 1 heterocycles. The van der Waals surface area contributed by atoms with Crippen molar-refractivity contribution in [2.75, 3.05) is 19.7 Å². The Labute approximate surface area is 132 Å².